The average Bonchev–Trinajstić information content (AvgIpc) is 2.51. The van der Waals surface area contributed by atoms with Gasteiger partial charge in [0, 0.05) is 18.1 Å². The van der Waals surface area contributed by atoms with Crippen molar-refractivity contribution in [3.63, 3.8) is 0 Å². The largest absolute Gasteiger partial charge is 0.507 e. The van der Waals surface area contributed by atoms with Gasteiger partial charge in [-0.15, -0.1) is 0 Å². The van der Waals surface area contributed by atoms with E-state index in [1.807, 2.05) is 0 Å². The molecule has 5 nitrogen and oxygen atoms in total. The number of hydrogen-bond acceptors (Lipinski definition) is 3. The first-order valence-corrected chi connectivity index (χ1v) is 7.54. The van der Waals surface area contributed by atoms with Crippen LogP contribution in [0.5, 0.6) is 5.75 Å². The standard InChI is InChI=1S/C16H14Cl2N2O3/c17-10-5-6-11(13(18)9-10)15(22)19-7-8-20-16(23)12-3-1-2-4-14(12)21/h1-6,9,21H,7-8H2,(H,19,22)(H,20,23). The van der Waals surface area contributed by atoms with E-state index in [1.54, 1.807) is 18.2 Å². The molecule has 0 aliphatic carbocycles. The number of hydrogen-bond donors (Lipinski definition) is 3. The van der Waals surface area contributed by atoms with Gasteiger partial charge in [0.15, 0.2) is 0 Å². The molecule has 0 aromatic heterocycles. The third-order valence-electron chi connectivity index (χ3n) is 3.02. The van der Waals surface area contributed by atoms with Gasteiger partial charge in [0.1, 0.15) is 5.75 Å². The number of nitrogens with one attached hydrogen (secondary N) is 2. The van der Waals surface area contributed by atoms with Crippen molar-refractivity contribution in [2.45, 2.75) is 0 Å². The number of carbonyl (C=O) groups excluding carboxylic acids is 2. The fraction of sp³-hybridized carbons (Fsp3) is 0.125. The van der Waals surface area contributed by atoms with Crippen molar-refractivity contribution in [2.24, 2.45) is 0 Å². The minimum absolute atomic E-state index is 0.0954. The van der Waals surface area contributed by atoms with Crippen molar-refractivity contribution in [3.05, 3.63) is 63.6 Å². The maximum Gasteiger partial charge on any atom is 0.255 e. The minimum Gasteiger partial charge on any atom is -0.507 e. The third-order valence-corrected chi connectivity index (χ3v) is 3.57. The summed E-state index contributed by atoms with van der Waals surface area (Å²) in [6.45, 7) is 0.432. The van der Waals surface area contributed by atoms with Crippen LogP contribution in [0.2, 0.25) is 10.0 Å². The molecule has 0 bridgehead atoms. The molecule has 2 aromatic carbocycles. The topological polar surface area (TPSA) is 78.4 Å². The van der Waals surface area contributed by atoms with Crippen LogP contribution in [0, 0.1) is 0 Å². The van der Waals surface area contributed by atoms with Gasteiger partial charge in [-0.1, -0.05) is 35.3 Å². The number of amides is 2. The van der Waals surface area contributed by atoms with Crippen molar-refractivity contribution in [3.8, 4) is 5.75 Å². The van der Waals surface area contributed by atoms with E-state index < -0.39 is 5.91 Å². The molecule has 0 spiro atoms. The lowest BCUT2D eigenvalue weighted by Gasteiger charge is -2.09. The quantitative estimate of drug-likeness (QED) is 0.724. The molecule has 7 heteroatoms. The van der Waals surface area contributed by atoms with Gasteiger partial charge >= 0.3 is 0 Å². The highest BCUT2D eigenvalue weighted by atomic mass is 35.5. The summed E-state index contributed by atoms with van der Waals surface area (Å²) in [5.41, 5.74) is 0.489. The Morgan fingerprint density at radius 1 is 0.913 bits per heavy atom. The summed E-state index contributed by atoms with van der Waals surface area (Å²) >= 11 is 11.7. The Balaban J connectivity index is 1.82. The van der Waals surface area contributed by atoms with Gasteiger partial charge in [-0.25, -0.2) is 0 Å². The third kappa shape index (κ3) is 4.61. The fourth-order valence-electron chi connectivity index (χ4n) is 1.88. The predicted molar refractivity (Wildman–Crippen MR) is 89.2 cm³/mol. The molecule has 2 amide bonds. The summed E-state index contributed by atoms with van der Waals surface area (Å²) in [4.78, 5) is 23.8. The number of carbonyl (C=O) groups is 2. The first-order valence-electron chi connectivity index (χ1n) is 6.78. The average molecular weight is 353 g/mol. The molecule has 0 fully saturated rings. The summed E-state index contributed by atoms with van der Waals surface area (Å²) < 4.78 is 0. The Hall–Kier alpha value is -2.24. The zero-order valence-electron chi connectivity index (χ0n) is 12.0. The van der Waals surface area contributed by atoms with Crippen LogP contribution in [0.15, 0.2) is 42.5 Å². The number of para-hydroxylation sites is 1. The van der Waals surface area contributed by atoms with Crippen molar-refractivity contribution in [1.82, 2.24) is 10.6 Å². The van der Waals surface area contributed by atoms with E-state index in [2.05, 4.69) is 10.6 Å². The Bertz CT molecular complexity index is 735. The molecule has 3 N–H and O–H groups in total. The lowest BCUT2D eigenvalue weighted by atomic mass is 10.2. The monoisotopic (exact) mass is 352 g/mol. The molecule has 0 aliphatic rings. The molecule has 0 aliphatic heterocycles. The molecule has 2 rings (SSSR count). The number of rotatable bonds is 5. The molecule has 23 heavy (non-hydrogen) atoms. The highest BCUT2D eigenvalue weighted by Gasteiger charge is 2.11. The summed E-state index contributed by atoms with van der Waals surface area (Å²) in [7, 11) is 0. The molecular weight excluding hydrogens is 339 g/mol. The fourth-order valence-corrected chi connectivity index (χ4v) is 2.38. The van der Waals surface area contributed by atoms with E-state index in [0.29, 0.717) is 10.6 Å². The lowest BCUT2D eigenvalue weighted by molar-refractivity contribution is 0.0926. The molecule has 2 aromatic rings. The molecule has 0 atom stereocenters. The molecule has 0 radical (unpaired) electrons. The van der Waals surface area contributed by atoms with Gasteiger partial charge in [-0.3, -0.25) is 9.59 Å². The second-order valence-corrected chi connectivity index (χ2v) is 5.50. The smallest absolute Gasteiger partial charge is 0.255 e. The highest BCUT2D eigenvalue weighted by molar-refractivity contribution is 6.36. The van der Waals surface area contributed by atoms with Crippen molar-refractivity contribution in [1.29, 1.82) is 0 Å². The Kier molecular flexibility index (Phi) is 5.84. The van der Waals surface area contributed by atoms with Crippen molar-refractivity contribution < 1.29 is 14.7 Å². The van der Waals surface area contributed by atoms with E-state index in [-0.39, 0.29) is 35.3 Å². The first kappa shape index (κ1) is 17.1. The van der Waals surface area contributed by atoms with E-state index in [9.17, 15) is 14.7 Å². The van der Waals surface area contributed by atoms with E-state index in [1.165, 1.54) is 24.3 Å². The van der Waals surface area contributed by atoms with Crippen LogP contribution in [-0.4, -0.2) is 30.0 Å². The maximum absolute atomic E-state index is 12.0. The van der Waals surface area contributed by atoms with Gasteiger partial charge in [0.25, 0.3) is 11.8 Å². The Labute approximate surface area is 143 Å². The second kappa shape index (κ2) is 7.85. The van der Waals surface area contributed by atoms with E-state index in [4.69, 9.17) is 23.2 Å². The Morgan fingerprint density at radius 2 is 1.52 bits per heavy atom. The number of phenols is 1. The lowest BCUT2D eigenvalue weighted by Crippen LogP contribution is -2.34. The van der Waals surface area contributed by atoms with Crippen molar-refractivity contribution >= 4 is 35.0 Å². The SMILES string of the molecule is O=C(NCCNC(=O)c1ccc(Cl)cc1Cl)c1ccccc1O. The molecule has 0 heterocycles. The summed E-state index contributed by atoms with van der Waals surface area (Å²) in [5.74, 6) is -0.868. The van der Waals surface area contributed by atoms with Crippen LogP contribution in [-0.2, 0) is 0 Å². The second-order valence-electron chi connectivity index (χ2n) is 4.65. The van der Waals surface area contributed by atoms with Gasteiger partial charge in [0.2, 0.25) is 0 Å². The number of phenolic OH excluding ortho intramolecular Hbond substituents is 1. The highest BCUT2D eigenvalue weighted by Crippen LogP contribution is 2.20. The van der Waals surface area contributed by atoms with Crippen LogP contribution in [0.4, 0.5) is 0 Å². The summed E-state index contributed by atoms with van der Waals surface area (Å²) in [5, 5.41) is 15.5. The summed E-state index contributed by atoms with van der Waals surface area (Å²) in [6, 6.07) is 10.8. The molecule has 120 valence electrons. The molecular formula is C16H14Cl2N2O3. The van der Waals surface area contributed by atoms with Crippen molar-refractivity contribution in [2.75, 3.05) is 13.1 Å². The number of benzene rings is 2. The maximum atomic E-state index is 12.0. The van der Waals surface area contributed by atoms with Gasteiger partial charge in [0.05, 0.1) is 16.1 Å². The first-order chi connectivity index (χ1) is 11.0. The van der Waals surface area contributed by atoms with E-state index in [0.717, 1.165) is 0 Å². The predicted octanol–water partition coefficient (Wildman–Crippen LogP) is 2.86. The molecule has 0 saturated carbocycles. The Morgan fingerprint density at radius 3 is 2.13 bits per heavy atom. The van der Waals surface area contributed by atoms with Crippen LogP contribution < -0.4 is 10.6 Å². The normalized spacial score (nSPS) is 10.2. The summed E-state index contributed by atoms with van der Waals surface area (Å²) in [6.07, 6.45) is 0. The number of aromatic hydroxyl groups is 1. The van der Waals surface area contributed by atoms with Gasteiger partial charge in [-0.2, -0.15) is 0 Å². The zero-order valence-corrected chi connectivity index (χ0v) is 13.5. The van der Waals surface area contributed by atoms with Gasteiger partial charge in [-0.05, 0) is 30.3 Å². The van der Waals surface area contributed by atoms with Crippen LogP contribution >= 0.6 is 23.2 Å². The van der Waals surface area contributed by atoms with Crippen LogP contribution in [0.25, 0.3) is 0 Å². The molecule has 0 unspecified atom stereocenters. The van der Waals surface area contributed by atoms with E-state index >= 15 is 0 Å². The molecule has 0 saturated heterocycles. The number of halogens is 2. The minimum atomic E-state index is -0.415. The zero-order chi connectivity index (χ0) is 16.8. The van der Waals surface area contributed by atoms with Crippen LogP contribution in [0.1, 0.15) is 20.7 Å². The van der Waals surface area contributed by atoms with Crippen LogP contribution in [0.3, 0.4) is 0 Å². The van der Waals surface area contributed by atoms with Gasteiger partial charge < -0.3 is 15.7 Å².